The summed E-state index contributed by atoms with van der Waals surface area (Å²) in [6.07, 6.45) is 7.64. The van der Waals surface area contributed by atoms with Gasteiger partial charge in [0.2, 0.25) is 0 Å². The third-order valence-electron chi connectivity index (χ3n) is 1.74. The number of thiol groups is 2. The van der Waals surface area contributed by atoms with Crippen molar-refractivity contribution >= 4 is 37.0 Å². The minimum atomic E-state index is 0.915. The topological polar surface area (TPSA) is 0 Å². The van der Waals surface area contributed by atoms with Crippen molar-refractivity contribution in [2.75, 3.05) is 5.75 Å². The van der Waals surface area contributed by atoms with E-state index >= 15 is 0 Å². The average Bonchev–Trinajstić information content (AvgIpc) is 2.25. The number of allylic oxidation sites excluding steroid dienone is 3. The van der Waals surface area contributed by atoms with Crippen molar-refractivity contribution in [3.8, 4) is 0 Å². The molecule has 1 aromatic rings. The van der Waals surface area contributed by atoms with E-state index in [1.165, 1.54) is 4.90 Å². The van der Waals surface area contributed by atoms with Crippen LogP contribution in [-0.4, -0.2) is 5.75 Å². The van der Waals surface area contributed by atoms with Gasteiger partial charge in [-0.2, -0.15) is 0 Å². The average molecular weight is 266 g/mol. The molecule has 84 valence electrons. The summed E-state index contributed by atoms with van der Waals surface area (Å²) in [5, 5.41) is 0. The molecule has 3 heteroatoms. The van der Waals surface area contributed by atoms with Crippen molar-refractivity contribution in [1.29, 1.82) is 0 Å². The minimum absolute atomic E-state index is 0.915. The predicted octanol–water partition coefficient (Wildman–Crippen LogP) is 4.62. The first-order chi connectivity index (χ1) is 7.72. The standard InChI is InChI=1S/C13H14S3/c1-2-5-11(14)7-4-9-16-13-8-3-6-12(15)10-13/h2-8,10,14-15H,1,9H2/b7-4-,11-5+. The van der Waals surface area contributed by atoms with Gasteiger partial charge in [-0.25, -0.2) is 0 Å². The summed E-state index contributed by atoms with van der Waals surface area (Å²) in [4.78, 5) is 3.14. The van der Waals surface area contributed by atoms with E-state index in [0.717, 1.165) is 15.6 Å². The Bertz CT molecular complexity index is 405. The van der Waals surface area contributed by atoms with E-state index in [1.807, 2.05) is 24.3 Å². The Morgan fingerprint density at radius 2 is 2.25 bits per heavy atom. The van der Waals surface area contributed by atoms with E-state index in [1.54, 1.807) is 17.8 Å². The highest BCUT2D eigenvalue weighted by Gasteiger charge is 1.92. The Morgan fingerprint density at radius 3 is 2.94 bits per heavy atom. The van der Waals surface area contributed by atoms with Crippen molar-refractivity contribution in [3.63, 3.8) is 0 Å². The largest absolute Gasteiger partial charge is 0.143 e. The van der Waals surface area contributed by atoms with E-state index in [2.05, 4.69) is 50.0 Å². The van der Waals surface area contributed by atoms with Crippen LogP contribution in [0.3, 0.4) is 0 Å². The summed E-state index contributed by atoms with van der Waals surface area (Å²) in [5.41, 5.74) is 0. The zero-order valence-corrected chi connectivity index (χ0v) is 11.4. The first-order valence-electron chi connectivity index (χ1n) is 4.82. The number of thioether (sulfide) groups is 1. The maximum Gasteiger partial charge on any atom is 0.0164 e. The summed E-state index contributed by atoms with van der Waals surface area (Å²) >= 11 is 10.3. The highest BCUT2D eigenvalue weighted by atomic mass is 32.2. The molecule has 0 aliphatic heterocycles. The number of benzene rings is 1. The molecule has 0 heterocycles. The van der Waals surface area contributed by atoms with Crippen molar-refractivity contribution in [3.05, 3.63) is 60.1 Å². The van der Waals surface area contributed by atoms with Crippen molar-refractivity contribution < 1.29 is 0 Å². The van der Waals surface area contributed by atoms with Gasteiger partial charge < -0.3 is 0 Å². The summed E-state index contributed by atoms with van der Waals surface area (Å²) < 4.78 is 0. The lowest BCUT2D eigenvalue weighted by Gasteiger charge is -1.98. The third kappa shape index (κ3) is 5.54. The zero-order valence-electron chi connectivity index (χ0n) is 8.84. The predicted molar refractivity (Wildman–Crippen MR) is 80.8 cm³/mol. The molecule has 0 fully saturated rings. The number of hydrogen-bond acceptors (Lipinski definition) is 3. The molecule has 16 heavy (non-hydrogen) atoms. The smallest absolute Gasteiger partial charge is 0.0164 e. The molecule has 0 saturated heterocycles. The first kappa shape index (κ1) is 13.6. The van der Waals surface area contributed by atoms with Crippen LogP contribution >= 0.6 is 37.0 Å². The molecular weight excluding hydrogens is 252 g/mol. The molecule has 0 aromatic heterocycles. The quantitative estimate of drug-likeness (QED) is 0.445. The van der Waals surface area contributed by atoms with Crippen LogP contribution in [0.2, 0.25) is 0 Å². The Labute approximate surface area is 112 Å². The van der Waals surface area contributed by atoms with E-state index in [9.17, 15) is 0 Å². The molecule has 0 nitrogen and oxygen atoms in total. The lowest BCUT2D eigenvalue weighted by atomic mass is 10.4. The fourth-order valence-corrected chi connectivity index (χ4v) is 2.36. The van der Waals surface area contributed by atoms with Gasteiger partial charge in [0, 0.05) is 20.4 Å². The molecule has 0 atom stereocenters. The van der Waals surface area contributed by atoms with Gasteiger partial charge in [-0.15, -0.1) is 37.0 Å². The van der Waals surface area contributed by atoms with Crippen LogP contribution in [0.5, 0.6) is 0 Å². The Morgan fingerprint density at radius 1 is 1.44 bits per heavy atom. The second-order valence-electron chi connectivity index (χ2n) is 3.04. The molecular formula is C13H14S3. The van der Waals surface area contributed by atoms with Crippen LogP contribution in [0.4, 0.5) is 0 Å². The van der Waals surface area contributed by atoms with Crippen LogP contribution in [0, 0.1) is 0 Å². The SMILES string of the molecule is C=C/C=C(S)\C=C/CSc1cccc(S)c1. The highest BCUT2D eigenvalue weighted by molar-refractivity contribution is 7.99. The fourth-order valence-electron chi connectivity index (χ4n) is 1.06. The third-order valence-corrected chi connectivity index (χ3v) is 3.26. The van der Waals surface area contributed by atoms with E-state index in [4.69, 9.17) is 0 Å². The van der Waals surface area contributed by atoms with Crippen molar-refractivity contribution in [1.82, 2.24) is 0 Å². The van der Waals surface area contributed by atoms with Gasteiger partial charge in [-0.3, -0.25) is 0 Å². The zero-order chi connectivity index (χ0) is 11.8. The minimum Gasteiger partial charge on any atom is -0.143 e. The van der Waals surface area contributed by atoms with Crippen LogP contribution in [-0.2, 0) is 0 Å². The normalized spacial score (nSPS) is 12.0. The summed E-state index contributed by atoms with van der Waals surface area (Å²) in [7, 11) is 0. The molecule has 0 unspecified atom stereocenters. The molecule has 0 spiro atoms. The lowest BCUT2D eigenvalue weighted by Crippen LogP contribution is -1.74. The monoisotopic (exact) mass is 266 g/mol. The Hall–Kier alpha value is -0.510. The molecule has 0 aliphatic carbocycles. The highest BCUT2D eigenvalue weighted by Crippen LogP contribution is 2.20. The lowest BCUT2D eigenvalue weighted by molar-refractivity contribution is 1.34. The molecule has 0 N–H and O–H groups in total. The van der Waals surface area contributed by atoms with E-state index in [-0.39, 0.29) is 0 Å². The van der Waals surface area contributed by atoms with Gasteiger partial charge in [0.15, 0.2) is 0 Å². The molecule has 0 aliphatic rings. The van der Waals surface area contributed by atoms with Crippen molar-refractivity contribution in [2.24, 2.45) is 0 Å². The second kappa shape index (κ2) is 7.71. The summed E-state index contributed by atoms with van der Waals surface area (Å²) in [5.74, 6) is 0.923. The van der Waals surface area contributed by atoms with E-state index in [0.29, 0.717) is 0 Å². The van der Waals surface area contributed by atoms with Gasteiger partial charge in [-0.05, 0) is 24.3 Å². The van der Waals surface area contributed by atoms with Gasteiger partial charge in [0.1, 0.15) is 0 Å². The second-order valence-corrected chi connectivity index (χ2v) is 5.16. The Balaban J connectivity index is 2.41. The number of rotatable bonds is 5. The maximum absolute atomic E-state index is 4.30. The molecule has 1 aromatic carbocycles. The van der Waals surface area contributed by atoms with Crippen molar-refractivity contribution in [2.45, 2.75) is 9.79 Å². The maximum atomic E-state index is 4.30. The van der Waals surface area contributed by atoms with Crippen LogP contribution in [0.15, 0.2) is 69.8 Å². The van der Waals surface area contributed by atoms with Gasteiger partial charge >= 0.3 is 0 Å². The van der Waals surface area contributed by atoms with Gasteiger partial charge in [0.25, 0.3) is 0 Å². The van der Waals surface area contributed by atoms with Crippen LogP contribution < -0.4 is 0 Å². The Kier molecular flexibility index (Phi) is 6.53. The van der Waals surface area contributed by atoms with Gasteiger partial charge in [0.05, 0.1) is 0 Å². The van der Waals surface area contributed by atoms with Gasteiger partial charge in [-0.1, -0.05) is 30.9 Å². The molecule has 0 amide bonds. The fraction of sp³-hybridized carbons (Fsp3) is 0.0769. The molecule has 0 saturated carbocycles. The molecule has 0 radical (unpaired) electrons. The number of hydrogen-bond donors (Lipinski definition) is 2. The molecule has 0 bridgehead atoms. The summed E-state index contributed by atoms with van der Waals surface area (Å²) in [6, 6.07) is 8.12. The molecule has 1 rings (SSSR count). The first-order valence-corrected chi connectivity index (χ1v) is 6.70. The summed E-state index contributed by atoms with van der Waals surface area (Å²) in [6.45, 7) is 3.61. The van der Waals surface area contributed by atoms with Crippen LogP contribution in [0.1, 0.15) is 0 Å². The van der Waals surface area contributed by atoms with E-state index < -0.39 is 0 Å². The van der Waals surface area contributed by atoms with Crippen LogP contribution in [0.25, 0.3) is 0 Å².